The molecule has 4 heteroatoms. The van der Waals surface area contributed by atoms with E-state index in [1.165, 1.54) is 0 Å². The van der Waals surface area contributed by atoms with Crippen LogP contribution in [-0.2, 0) is 9.53 Å². The van der Waals surface area contributed by atoms with Crippen molar-refractivity contribution in [1.82, 2.24) is 0 Å². The number of furan rings is 1. The lowest BCUT2D eigenvalue weighted by Crippen LogP contribution is -2.10. The molecule has 0 radical (unpaired) electrons. The average Bonchev–Trinajstić information content (AvgIpc) is 3.33. The topological polar surface area (TPSA) is 42.7 Å². The molecule has 0 spiro atoms. The fourth-order valence-corrected chi connectivity index (χ4v) is 5.20. The molecule has 186 valence electrons. The van der Waals surface area contributed by atoms with E-state index in [9.17, 15) is 4.79 Å². The molecule has 0 atom stereocenters. The Morgan fingerprint density at radius 3 is 2.21 bits per heavy atom. The zero-order chi connectivity index (χ0) is 26.2. The first kappa shape index (κ1) is 23.6. The van der Waals surface area contributed by atoms with Crippen molar-refractivity contribution in [3.8, 4) is 0 Å². The zero-order valence-electron chi connectivity index (χ0n) is 21.6. The maximum absolute atomic E-state index is 12.4. The molecular formula is C34H27NO3. The van der Waals surface area contributed by atoms with E-state index in [0.717, 1.165) is 55.3 Å². The Morgan fingerprint density at radius 1 is 0.711 bits per heavy atom. The van der Waals surface area contributed by atoms with E-state index in [1.807, 2.05) is 55.5 Å². The normalized spacial score (nSPS) is 12.1. The van der Waals surface area contributed by atoms with Crippen LogP contribution in [0, 0.1) is 0 Å². The van der Waals surface area contributed by atoms with Gasteiger partial charge in [-0.1, -0.05) is 66.7 Å². The van der Waals surface area contributed by atoms with Crippen LogP contribution in [0.25, 0.3) is 38.3 Å². The second kappa shape index (κ2) is 9.56. The van der Waals surface area contributed by atoms with Gasteiger partial charge in [0, 0.05) is 22.1 Å². The number of benzene rings is 5. The van der Waals surface area contributed by atoms with Crippen molar-refractivity contribution >= 4 is 61.1 Å². The van der Waals surface area contributed by atoms with Crippen LogP contribution < -0.4 is 4.90 Å². The number of nitrogens with zero attached hydrogens (tertiary/aromatic N) is 1. The minimum absolute atomic E-state index is 0.0190. The highest BCUT2D eigenvalue weighted by atomic mass is 16.5. The lowest BCUT2D eigenvalue weighted by Gasteiger charge is -2.26. The molecule has 0 saturated heterocycles. The summed E-state index contributed by atoms with van der Waals surface area (Å²) >= 11 is 0. The van der Waals surface area contributed by atoms with Crippen molar-refractivity contribution in [3.63, 3.8) is 0 Å². The van der Waals surface area contributed by atoms with Gasteiger partial charge in [0.1, 0.15) is 11.3 Å². The Morgan fingerprint density at radius 2 is 1.42 bits per heavy atom. The first-order valence-electron chi connectivity index (χ1n) is 12.6. The highest BCUT2D eigenvalue weighted by Crippen LogP contribution is 2.42. The van der Waals surface area contributed by atoms with E-state index in [2.05, 4.69) is 65.6 Å². The lowest BCUT2D eigenvalue weighted by atomic mass is 9.97. The fraction of sp³-hybridized carbons (Fsp3) is 0.0882. The number of ether oxygens (including phenoxy) is 1. The molecule has 0 saturated carbocycles. The molecule has 0 unspecified atom stereocenters. The van der Waals surface area contributed by atoms with Gasteiger partial charge in [-0.25, -0.2) is 0 Å². The SMILES string of the molecule is CO/C(C)=C(\C(C)=O)c1ccc2cc(N(c3ccccc3)c3cccc4c3oc3ccccc34)ccc2c1. The minimum Gasteiger partial charge on any atom is -0.501 e. The van der Waals surface area contributed by atoms with Gasteiger partial charge in [0.05, 0.1) is 18.4 Å². The maximum atomic E-state index is 12.4. The van der Waals surface area contributed by atoms with Crippen LogP contribution in [0.4, 0.5) is 17.1 Å². The van der Waals surface area contributed by atoms with Crippen LogP contribution in [0.2, 0.25) is 0 Å². The molecule has 0 aliphatic carbocycles. The van der Waals surface area contributed by atoms with E-state index in [-0.39, 0.29) is 5.78 Å². The van der Waals surface area contributed by atoms with Crippen LogP contribution in [0.15, 0.2) is 119 Å². The Labute approximate surface area is 221 Å². The first-order chi connectivity index (χ1) is 18.5. The minimum atomic E-state index is -0.0190. The molecule has 38 heavy (non-hydrogen) atoms. The average molecular weight is 498 g/mol. The van der Waals surface area contributed by atoms with Crippen molar-refractivity contribution in [2.45, 2.75) is 13.8 Å². The summed E-state index contributed by atoms with van der Waals surface area (Å²) in [6.45, 7) is 3.39. The van der Waals surface area contributed by atoms with Gasteiger partial charge in [-0.05, 0) is 72.6 Å². The van der Waals surface area contributed by atoms with Crippen molar-refractivity contribution in [2.24, 2.45) is 0 Å². The highest BCUT2D eigenvalue weighted by molar-refractivity contribution is 6.20. The summed E-state index contributed by atoms with van der Waals surface area (Å²) in [7, 11) is 1.59. The number of hydrogen-bond acceptors (Lipinski definition) is 4. The number of hydrogen-bond donors (Lipinski definition) is 0. The van der Waals surface area contributed by atoms with Gasteiger partial charge in [0.2, 0.25) is 0 Å². The quantitative estimate of drug-likeness (QED) is 0.170. The molecule has 4 nitrogen and oxygen atoms in total. The second-order valence-electron chi connectivity index (χ2n) is 9.36. The number of fused-ring (bicyclic) bond motifs is 4. The lowest BCUT2D eigenvalue weighted by molar-refractivity contribution is -0.111. The fourth-order valence-electron chi connectivity index (χ4n) is 5.20. The van der Waals surface area contributed by atoms with Crippen LogP contribution in [0.3, 0.4) is 0 Å². The van der Waals surface area contributed by atoms with Crippen LogP contribution in [0.5, 0.6) is 0 Å². The number of methoxy groups -OCH3 is 1. The largest absolute Gasteiger partial charge is 0.501 e. The van der Waals surface area contributed by atoms with Crippen LogP contribution >= 0.6 is 0 Å². The van der Waals surface area contributed by atoms with Crippen LogP contribution in [-0.4, -0.2) is 12.9 Å². The Balaban J connectivity index is 1.54. The molecular weight excluding hydrogens is 470 g/mol. The highest BCUT2D eigenvalue weighted by Gasteiger charge is 2.19. The van der Waals surface area contributed by atoms with Gasteiger partial charge in [-0.15, -0.1) is 0 Å². The van der Waals surface area contributed by atoms with E-state index in [4.69, 9.17) is 9.15 Å². The number of carbonyl (C=O) groups is 1. The molecule has 1 aromatic heterocycles. The summed E-state index contributed by atoms with van der Waals surface area (Å²) in [5.41, 5.74) is 6.19. The number of rotatable bonds is 6. The summed E-state index contributed by atoms with van der Waals surface area (Å²) in [6.07, 6.45) is 0. The van der Waals surface area contributed by atoms with E-state index < -0.39 is 0 Å². The number of allylic oxidation sites excluding steroid dienone is 2. The monoisotopic (exact) mass is 497 g/mol. The maximum Gasteiger partial charge on any atom is 0.163 e. The molecule has 0 amide bonds. The van der Waals surface area contributed by atoms with Gasteiger partial charge < -0.3 is 14.1 Å². The molecule has 0 fully saturated rings. The summed E-state index contributed by atoms with van der Waals surface area (Å²) in [5, 5.41) is 4.30. The third-order valence-electron chi connectivity index (χ3n) is 7.02. The number of carbonyl (C=O) groups excluding carboxylic acids is 1. The summed E-state index contributed by atoms with van der Waals surface area (Å²) in [4.78, 5) is 14.6. The number of ketones is 1. The Kier molecular flexibility index (Phi) is 5.93. The smallest absolute Gasteiger partial charge is 0.163 e. The molecule has 6 aromatic rings. The zero-order valence-corrected chi connectivity index (χ0v) is 21.6. The molecule has 0 aliphatic heterocycles. The second-order valence-corrected chi connectivity index (χ2v) is 9.36. The van der Waals surface area contributed by atoms with E-state index in [0.29, 0.717) is 11.3 Å². The van der Waals surface area contributed by atoms with E-state index in [1.54, 1.807) is 14.0 Å². The standard InChI is InChI=1S/C34H27NO3/c1-22(36)33(23(2)37-3)26-17-16-25-21-28(19-18-24(25)20-26)35(27-10-5-4-6-11-27)31-14-9-13-30-29-12-7-8-15-32(29)38-34(30)31/h4-21H,1-3H3/b33-23+. The molecule has 0 bridgehead atoms. The third kappa shape index (κ3) is 4.00. The summed E-state index contributed by atoms with van der Waals surface area (Å²) in [6, 6.07) is 37.2. The number of Topliss-reactive ketones (excluding diaryl/α,β-unsaturated/α-hetero) is 1. The van der Waals surface area contributed by atoms with Gasteiger partial charge in [-0.2, -0.15) is 0 Å². The molecule has 6 rings (SSSR count). The third-order valence-corrected chi connectivity index (χ3v) is 7.02. The Bertz CT molecular complexity index is 1850. The predicted molar refractivity (Wildman–Crippen MR) is 156 cm³/mol. The van der Waals surface area contributed by atoms with E-state index >= 15 is 0 Å². The predicted octanol–water partition coefficient (Wildman–Crippen LogP) is 9.18. The van der Waals surface area contributed by atoms with Gasteiger partial charge >= 0.3 is 0 Å². The summed E-state index contributed by atoms with van der Waals surface area (Å²) in [5.74, 6) is 0.595. The van der Waals surface area contributed by atoms with Gasteiger partial charge in [0.25, 0.3) is 0 Å². The molecule has 1 heterocycles. The number of para-hydroxylation sites is 3. The van der Waals surface area contributed by atoms with Crippen molar-refractivity contribution < 1.29 is 13.9 Å². The van der Waals surface area contributed by atoms with Gasteiger partial charge in [0.15, 0.2) is 11.4 Å². The first-order valence-corrected chi connectivity index (χ1v) is 12.6. The van der Waals surface area contributed by atoms with Crippen molar-refractivity contribution in [2.75, 3.05) is 12.0 Å². The van der Waals surface area contributed by atoms with Gasteiger partial charge in [-0.3, -0.25) is 4.79 Å². The Hall–Kier alpha value is -4.83. The molecule has 0 aliphatic rings. The van der Waals surface area contributed by atoms with Crippen molar-refractivity contribution in [3.05, 3.63) is 121 Å². The van der Waals surface area contributed by atoms with Crippen LogP contribution in [0.1, 0.15) is 19.4 Å². The molecule has 0 N–H and O–H groups in total. The summed E-state index contributed by atoms with van der Waals surface area (Å²) < 4.78 is 11.8. The number of anilines is 3. The van der Waals surface area contributed by atoms with Crippen molar-refractivity contribution in [1.29, 1.82) is 0 Å². The molecule has 5 aromatic carbocycles.